The second-order valence-corrected chi connectivity index (χ2v) is 18.5. The van der Waals surface area contributed by atoms with Gasteiger partial charge in [-0.3, -0.25) is 0 Å². The molecule has 0 aliphatic heterocycles. The van der Waals surface area contributed by atoms with Crippen LogP contribution in [0.2, 0.25) is 0 Å². The SMILES string of the molecule is CCCCCCCCCCCCCCCCC/C=C/CCCOC(=O)c1cccc(S(=O)(=O)[O-])c1C(=O)OCCC/C=C/CCCCCCCCCCCCCCCCC.[K+]. The normalized spacial score (nSPS) is 11.7. The smallest absolute Gasteiger partial charge is 0.744 e. The predicted molar refractivity (Wildman–Crippen MR) is 251 cm³/mol. The summed E-state index contributed by atoms with van der Waals surface area (Å²) in [5.74, 6) is -1.86. The molecule has 0 unspecified atom stereocenters. The number of carbonyl (C=O) groups excluding carboxylic acids is 2. The average Bonchev–Trinajstić information content (AvgIpc) is 3.24. The van der Waals surface area contributed by atoms with Crippen molar-refractivity contribution in [2.45, 2.75) is 250 Å². The van der Waals surface area contributed by atoms with Crippen LogP contribution in [0.15, 0.2) is 47.4 Å². The Labute approximate surface area is 418 Å². The van der Waals surface area contributed by atoms with E-state index < -0.39 is 32.5 Å². The molecule has 0 radical (unpaired) electrons. The van der Waals surface area contributed by atoms with Crippen LogP contribution in [0.1, 0.15) is 266 Å². The van der Waals surface area contributed by atoms with Crippen LogP contribution in [0, 0.1) is 0 Å². The molecule has 0 atom stereocenters. The summed E-state index contributed by atoms with van der Waals surface area (Å²) in [7, 11) is -5.03. The second kappa shape index (κ2) is 44.4. The van der Waals surface area contributed by atoms with Crippen LogP contribution in [-0.2, 0) is 19.6 Å². The summed E-state index contributed by atoms with van der Waals surface area (Å²) in [6.07, 6.45) is 53.7. The van der Waals surface area contributed by atoms with E-state index in [1.54, 1.807) is 0 Å². The van der Waals surface area contributed by atoms with Gasteiger partial charge in [-0.2, -0.15) is 0 Å². The first-order valence-corrected chi connectivity index (χ1v) is 26.5. The van der Waals surface area contributed by atoms with Crippen molar-refractivity contribution in [2.24, 2.45) is 0 Å². The van der Waals surface area contributed by atoms with Crippen LogP contribution in [-0.4, -0.2) is 38.1 Å². The summed E-state index contributed by atoms with van der Waals surface area (Å²) in [5.41, 5.74) is -0.825. The third-order valence-electron chi connectivity index (χ3n) is 11.5. The predicted octanol–water partition coefficient (Wildman–Crippen LogP) is 13.1. The maximum absolute atomic E-state index is 13.0. The van der Waals surface area contributed by atoms with Crippen molar-refractivity contribution < 1.29 is 83.4 Å². The summed E-state index contributed by atoms with van der Waals surface area (Å²) in [5, 5.41) is 0. The molecule has 61 heavy (non-hydrogen) atoms. The van der Waals surface area contributed by atoms with Crippen molar-refractivity contribution in [2.75, 3.05) is 13.2 Å². The van der Waals surface area contributed by atoms with E-state index in [0.29, 0.717) is 19.3 Å². The van der Waals surface area contributed by atoms with E-state index in [0.717, 1.165) is 25.3 Å². The molecule has 0 bridgehead atoms. The maximum Gasteiger partial charge on any atom is 1.00 e. The van der Waals surface area contributed by atoms with Crippen molar-refractivity contribution in [3.63, 3.8) is 0 Å². The number of allylic oxidation sites excluding steroid dienone is 4. The molecule has 0 saturated carbocycles. The fourth-order valence-electron chi connectivity index (χ4n) is 7.74. The zero-order valence-corrected chi connectivity index (χ0v) is 43.6. The molecular weight excluding hydrogens is 808 g/mol. The van der Waals surface area contributed by atoms with Gasteiger partial charge in [0.1, 0.15) is 10.1 Å². The Hall–Kier alpha value is -0.814. The van der Waals surface area contributed by atoms with E-state index in [9.17, 15) is 22.6 Å². The Kier molecular flexibility index (Phi) is 43.8. The molecule has 0 fully saturated rings. The first-order chi connectivity index (χ1) is 29.3. The van der Waals surface area contributed by atoms with Crippen LogP contribution in [0.4, 0.5) is 0 Å². The molecule has 346 valence electrons. The first-order valence-electron chi connectivity index (χ1n) is 25.1. The van der Waals surface area contributed by atoms with Gasteiger partial charge in [-0.15, -0.1) is 0 Å². The molecule has 0 aliphatic carbocycles. The van der Waals surface area contributed by atoms with Crippen molar-refractivity contribution in [3.05, 3.63) is 53.6 Å². The molecule has 0 aliphatic rings. The van der Waals surface area contributed by atoms with E-state index in [1.165, 1.54) is 205 Å². The van der Waals surface area contributed by atoms with E-state index in [4.69, 9.17) is 9.47 Å². The van der Waals surface area contributed by atoms with Crippen molar-refractivity contribution in [1.29, 1.82) is 0 Å². The fraction of sp³-hybridized carbons (Fsp3) is 0.769. The Morgan fingerprint density at radius 1 is 0.459 bits per heavy atom. The van der Waals surface area contributed by atoms with E-state index in [2.05, 4.69) is 38.2 Å². The zero-order chi connectivity index (χ0) is 43.6. The number of hydrogen-bond acceptors (Lipinski definition) is 7. The summed E-state index contributed by atoms with van der Waals surface area (Å²) in [4.78, 5) is 25.2. The summed E-state index contributed by atoms with van der Waals surface area (Å²) < 4.78 is 46.8. The molecule has 1 aromatic rings. The standard InChI is InChI=1S/C52H90O7S.K/c1-3-5-7-9-11-13-15-17-19-21-23-25-27-29-31-33-35-37-39-41-46-58-51(53)48-44-43-45-49(60(55,56)57)50(48)52(54)59-47-42-40-38-36-34-32-30-28-26-24-22-20-18-16-14-12-10-8-6-4-2;/h35-38,43-45H,3-34,39-42,46-47H2,1-2H3,(H,55,56,57);/q;+1/p-1/b37-35+,38-36+;. The van der Waals surface area contributed by atoms with Gasteiger partial charge in [0, 0.05) is 0 Å². The van der Waals surface area contributed by atoms with Crippen molar-refractivity contribution in [1.82, 2.24) is 0 Å². The van der Waals surface area contributed by atoms with E-state index in [-0.39, 0.29) is 70.2 Å². The van der Waals surface area contributed by atoms with Gasteiger partial charge in [0.15, 0.2) is 0 Å². The molecule has 7 nitrogen and oxygen atoms in total. The van der Waals surface area contributed by atoms with Gasteiger partial charge in [-0.25, -0.2) is 18.0 Å². The Bertz CT molecular complexity index is 1340. The van der Waals surface area contributed by atoms with Gasteiger partial charge in [0.25, 0.3) is 0 Å². The van der Waals surface area contributed by atoms with Gasteiger partial charge < -0.3 is 14.0 Å². The number of esters is 2. The second-order valence-electron chi connectivity index (χ2n) is 17.1. The Morgan fingerprint density at radius 2 is 0.754 bits per heavy atom. The van der Waals surface area contributed by atoms with Crippen molar-refractivity contribution >= 4 is 22.1 Å². The molecule has 0 heterocycles. The minimum absolute atomic E-state index is 0. The van der Waals surface area contributed by atoms with Crippen LogP contribution in [0.3, 0.4) is 0 Å². The Morgan fingerprint density at radius 3 is 1.08 bits per heavy atom. The number of rotatable bonds is 43. The van der Waals surface area contributed by atoms with Crippen LogP contribution < -0.4 is 51.4 Å². The third kappa shape index (κ3) is 36.1. The zero-order valence-electron chi connectivity index (χ0n) is 39.7. The van der Waals surface area contributed by atoms with Gasteiger partial charge in [0.2, 0.25) is 0 Å². The Balaban J connectivity index is 0.0000360. The largest absolute Gasteiger partial charge is 1.00 e. The van der Waals surface area contributed by atoms with Crippen LogP contribution in [0.5, 0.6) is 0 Å². The first kappa shape index (κ1) is 60.2. The van der Waals surface area contributed by atoms with Crippen LogP contribution in [0.25, 0.3) is 0 Å². The van der Waals surface area contributed by atoms with E-state index >= 15 is 0 Å². The molecular formula is C52H89KO7S. The average molecular weight is 897 g/mol. The summed E-state index contributed by atoms with van der Waals surface area (Å²) in [6.45, 7) is 4.69. The molecule has 1 aromatic carbocycles. The molecule has 0 N–H and O–H groups in total. The molecule has 9 heteroatoms. The molecule has 0 spiro atoms. The number of hydrogen-bond donors (Lipinski definition) is 0. The van der Waals surface area contributed by atoms with E-state index in [1.807, 2.05) is 0 Å². The topological polar surface area (TPSA) is 110 Å². The van der Waals surface area contributed by atoms with Gasteiger partial charge in [-0.05, 0) is 63.5 Å². The quantitative estimate of drug-likeness (QED) is 0.0211. The summed E-state index contributed by atoms with van der Waals surface area (Å²) >= 11 is 0. The molecule has 0 aromatic heterocycles. The molecule has 1 rings (SSSR count). The minimum atomic E-state index is -5.03. The van der Waals surface area contributed by atoms with Crippen molar-refractivity contribution in [3.8, 4) is 0 Å². The third-order valence-corrected chi connectivity index (χ3v) is 12.4. The number of benzene rings is 1. The fourth-order valence-corrected chi connectivity index (χ4v) is 8.43. The van der Waals surface area contributed by atoms with Gasteiger partial charge in [0.05, 0.1) is 29.2 Å². The molecule has 0 saturated heterocycles. The summed E-state index contributed by atoms with van der Waals surface area (Å²) in [6, 6.07) is 3.59. The number of ether oxygens (including phenoxy) is 2. The number of carbonyl (C=O) groups is 2. The minimum Gasteiger partial charge on any atom is -0.744 e. The maximum atomic E-state index is 13.0. The monoisotopic (exact) mass is 897 g/mol. The van der Waals surface area contributed by atoms with Crippen LogP contribution >= 0.6 is 0 Å². The van der Waals surface area contributed by atoms with Gasteiger partial charge in [-0.1, -0.05) is 224 Å². The molecule has 0 amide bonds. The van der Waals surface area contributed by atoms with Gasteiger partial charge >= 0.3 is 63.3 Å². The number of unbranched alkanes of at least 4 members (excludes halogenated alkanes) is 32.